The highest BCUT2D eigenvalue weighted by Gasteiger charge is 1.96. The van der Waals surface area contributed by atoms with Gasteiger partial charge < -0.3 is 5.73 Å². The first-order valence-electron chi connectivity index (χ1n) is 6.79. The van der Waals surface area contributed by atoms with Crippen molar-refractivity contribution in [1.29, 1.82) is 0 Å². The molecule has 0 fully saturated rings. The fraction of sp³-hybridized carbons (Fsp3) is 0.438. The second kappa shape index (κ2) is 7.70. The van der Waals surface area contributed by atoms with Crippen LogP contribution in [0.15, 0.2) is 30.5 Å². The topological polar surface area (TPSA) is 38.9 Å². The number of nitrogens with two attached hydrogens (primary N) is 1. The molecule has 98 valence electrons. The van der Waals surface area contributed by atoms with E-state index in [1.165, 1.54) is 31.2 Å². The van der Waals surface area contributed by atoms with Gasteiger partial charge >= 0.3 is 0 Å². The average Bonchev–Trinajstić information content (AvgIpc) is 2.37. The van der Waals surface area contributed by atoms with E-state index in [2.05, 4.69) is 31.8 Å². The number of nitrogens with zero attached hydrogens (tertiary/aromatic N) is 1. The van der Waals surface area contributed by atoms with Crippen LogP contribution in [0.2, 0.25) is 0 Å². The van der Waals surface area contributed by atoms with Gasteiger partial charge in [0.1, 0.15) is 5.82 Å². The molecular weight excluding hydrogens is 220 g/mol. The summed E-state index contributed by atoms with van der Waals surface area (Å²) in [6.45, 7) is 6.53. The third kappa shape index (κ3) is 4.36. The third-order valence-electron chi connectivity index (χ3n) is 2.91. The zero-order chi connectivity index (χ0) is 13.4. The molecule has 0 radical (unpaired) electrons. The maximum absolute atomic E-state index is 5.70. The number of hydrogen-bond acceptors (Lipinski definition) is 2. The number of aryl methyl sites for hydroxylation is 1. The van der Waals surface area contributed by atoms with Crippen LogP contribution in [0.25, 0.3) is 10.8 Å². The van der Waals surface area contributed by atoms with Gasteiger partial charge in [0.2, 0.25) is 0 Å². The van der Waals surface area contributed by atoms with Crippen LogP contribution in [0.4, 0.5) is 5.82 Å². The lowest BCUT2D eigenvalue weighted by atomic mass is 10.1. The number of unbranched alkanes of at least 4 members (excludes halogenated alkanes) is 3. The Hall–Kier alpha value is -1.57. The summed E-state index contributed by atoms with van der Waals surface area (Å²) in [6, 6.07) is 8.12. The minimum absolute atomic E-state index is 0.604. The van der Waals surface area contributed by atoms with E-state index in [9.17, 15) is 0 Å². The van der Waals surface area contributed by atoms with Gasteiger partial charge in [0.15, 0.2) is 0 Å². The summed E-state index contributed by atoms with van der Waals surface area (Å²) in [6.07, 6.45) is 7.27. The molecule has 2 nitrogen and oxygen atoms in total. The number of benzene rings is 1. The summed E-state index contributed by atoms with van der Waals surface area (Å²) in [5.41, 5.74) is 6.94. The lowest BCUT2D eigenvalue weighted by Gasteiger charge is -2.00. The van der Waals surface area contributed by atoms with E-state index >= 15 is 0 Å². The van der Waals surface area contributed by atoms with Gasteiger partial charge in [0.25, 0.3) is 0 Å². The Bertz CT molecular complexity index is 473. The second-order valence-corrected chi connectivity index (χ2v) is 4.63. The highest BCUT2D eigenvalue weighted by Crippen LogP contribution is 2.19. The molecule has 0 amide bonds. The van der Waals surface area contributed by atoms with Gasteiger partial charge in [0.05, 0.1) is 0 Å². The molecule has 0 aliphatic rings. The van der Waals surface area contributed by atoms with Gasteiger partial charge in [-0.05, 0) is 18.4 Å². The van der Waals surface area contributed by atoms with Crippen molar-refractivity contribution in [2.45, 2.75) is 46.5 Å². The molecule has 0 aliphatic carbocycles. The van der Waals surface area contributed by atoms with Gasteiger partial charge in [-0.2, -0.15) is 0 Å². The monoisotopic (exact) mass is 244 g/mol. The largest absolute Gasteiger partial charge is 0.383 e. The molecule has 0 unspecified atom stereocenters. The Morgan fingerprint density at radius 3 is 2.33 bits per heavy atom. The molecule has 2 N–H and O–H groups in total. The number of anilines is 1. The molecule has 0 aliphatic heterocycles. The van der Waals surface area contributed by atoms with E-state index in [-0.39, 0.29) is 0 Å². The number of pyridine rings is 1. The number of nitrogen functional groups attached to an aromatic ring is 1. The van der Waals surface area contributed by atoms with Crippen molar-refractivity contribution in [2.75, 3.05) is 5.73 Å². The minimum Gasteiger partial charge on any atom is -0.383 e. The van der Waals surface area contributed by atoms with Crippen LogP contribution in [0, 0.1) is 6.92 Å². The third-order valence-corrected chi connectivity index (χ3v) is 2.91. The fourth-order valence-electron chi connectivity index (χ4n) is 1.82. The highest BCUT2D eigenvalue weighted by atomic mass is 14.8. The molecule has 1 aromatic carbocycles. The molecule has 2 aromatic rings. The smallest absolute Gasteiger partial charge is 0.131 e. The number of aromatic nitrogens is 1. The second-order valence-electron chi connectivity index (χ2n) is 4.63. The molecule has 0 atom stereocenters. The van der Waals surface area contributed by atoms with Crippen LogP contribution in [0.5, 0.6) is 0 Å². The maximum atomic E-state index is 5.70. The number of fused-ring (bicyclic) bond motifs is 1. The van der Waals surface area contributed by atoms with E-state index in [0.29, 0.717) is 5.82 Å². The lowest BCUT2D eigenvalue weighted by Crippen LogP contribution is -1.90. The summed E-state index contributed by atoms with van der Waals surface area (Å²) < 4.78 is 0. The Morgan fingerprint density at radius 2 is 1.72 bits per heavy atom. The lowest BCUT2D eigenvalue weighted by molar-refractivity contribution is 0.702. The first-order chi connectivity index (χ1) is 8.69. The highest BCUT2D eigenvalue weighted by molar-refractivity contribution is 5.91. The molecule has 0 saturated heterocycles. The summed E-state index contributed by atoms with van der Waals surface area (Å²) in [7, 11) is 0. The summed E-state index contributed by atoms with van der Waals surface area (Å²) in [5.74, 6) is 0.604. The Kier molecular flexibility index (Phi) is 6.20. The van der Waals surface area contributed by atoms with Crippen molar-refractivity contribution >= 4 is 16.6 Å². The zero-order valence-electron chi connectivity index (χ0n) is 11.7. The van der Waals surface area contributed by atoms with Crippen LogP contribution in [-0.4, -0.2) is 4.98 Å². The van der Waals surface area contributed by atoms with Crippen molar-refractivity contribution in [3.05, 3.63) is 36.0 Å². The zero-order valence-corrected chi connectivity index (χ0v) is 11.7. The van der Waals surface area contributed by atoms with Crippen molar-refractivity contribution in [3.63, 3.8) is 0 Å². The quantitative estimate of drug-likeness (QED) is 0.794. The SMILES string of the molecule is CCCCCC.Cc1ccc2c(N)nccc2c1. The molecule has 0 spiro atoms. The first-order valence-corrected chi connectivity index (χ1v) is 6.79. The Morgan fingerprint density at radius 1 is 1.06 bits per heavy atom. The average molecular weight is 244 g/mol. The number of hydrogen-bond donors (Lipinski definition) is 1. The van der Waals surface area contributed by atoms with Crippen molar-refractivity contribution in [3.8, 4) is 0 Å². The molecule has 2 rings (SSSR count). The predicted octanol–water partition coefficient (Wildman–Crippen LogP) is 4.71. The van der Waals surface area contributed by atoms with Crippen LogP contribution >= 0.6 is 0 Å². The van der Waals surface area contributed by atoms with Crippen molar-refractivity contribution < 1.29 is 0 Å². The van der Waals surface area contributed by atoms with Crippen LogP contribution in [0.1, 0.15) is 45.1 Å². The van der Waals surface area contributed by atoms with Crippen molar-refractivity contribution in [1.82, 2.24) is 4.98 Å². The molecule has 1 aromatic heterocycles. The molecule has 18 heavy (non-hydrogen) atoms. The van der Waals surface area contributed by atoms with Crippen LogP contribution in [-0.2, 0) is 0 Å². The molecule has 1 heterocycles. The molecule has 2 heteroatoms. The molecule has 0 saturated carbocycles. The first kappa shape index (κ1) is 14.5. The van der Waals surface area contributed by atoms with E-state index in [0.717, 1.165) is 10.8 Å². The maximum Gasteiger partial charge on any atom is 0.131 e. The van der Waals surface area contributed by atoms with Gasteiger partial charge in [0, 0.05) is 11.6 Å². The van der Waals surface area contributed by atoms with E-state index in [4.69, 9.17) is 5.73 Å². The van der Waals surface area contributed by atoms with Crippen LogP contribution < -0.4 is 5.73 Å². The predicted molar refractivity (Wildman–Crippen MR) is 80.7 cm³/mol. The van der Waals surface area contributed by atoms with Crippen molar-refractivity contribution in [2.24, 2.45) is 0 Å². The minimum atomic E-state index is 0.604. The Balaban J connectivity index is 0.000000232. The van der Waals surface area contributed by atoms with Gasteiger partial charge in [-0.25, -0.2) is 4.98 Å². The van der Waals surface area contributed by atoms with Gasteiger partial charge in [-0.3, -0.25) is 0 Å². The summed E-state index contributed by atoms with van der Waals surface area (Å²) in [5, 5.41) is 2.19. The molecular formula is C16H24N2. The number of rotatable bonds is 3. The van der Waals surface area contributed by atoms with E-state index in [1.54, 1.807) is 6.20 Å². The Labute approximate surface area is 110 Å². The standard InChI is InChI=1S/C10H10N2.C6H14/c1-7-2-3-9-8(6-7)4-5-12-10(9)11;1-3-5-6-4-2/h2-6H,1H3,(H2,11,12);3-6H2,1-2H3. The summed E-state index contributed by atoms with van der Waals surface area (Å²) >= 11 is 0. The molecule has 0 bridgehead atoms. The van der Waals surface area contributed by atoms with Gasteiger partial charge in [-0.1, -0.05) is 63.3 Å². The van der Waals surface area contributed by atoms with Gasteiger partial charge in [-0.15, -0.1) is 0 Å². The normalized spacial score (nSPS) is 9.94. The van der Waals surface area contributed by atoms with E-state index in [1.807, 2.05) is 18.2 Å². The van der Waals surface area contributed by atoms with E-state index < -0.39 is 0 Å². The fourth-order valence-corrected chi connectivity index (χ4v) is 1.82. The van der Waals surface area contributed by atoms with Crippen LogP contribution in [0.3, 0.4) is 0 Å². The summed E-state index contributed by atoms with van der Waals surface area (Å²) in [4.78, 5) is 4.01.